The minimum absolute atomic E-state index is 0.0701. The van der Waals surface area contributed by atoms with Gasteiger partial charge in [-0.05, 0) is 38.1 Å². The molecule has 7 heteroatoms. The van der Waals surface area contributed by atoms with Crippen molar-refractivity contribution in [1.82, 2.24) is 25.1 Å². The number of hydrogen-bond acceptors (Lipinski definition) is 6. The second-order valence-electron chi connectivity index (χ2n) is 5.87. The van der Waals surface area contributed by atoms with Gasteiger partial charge in [0.15, 0.2) is 0 Å². The van der Waals surface area contributed by atoms with Crippen molar-refractivity contribution in [3.63, 3.8) is 0 Å². The highest BCUT2D eigenvalue weighted by Crippen LogP contribution is 2.21. The molecule has 2 rings (SSSR count). The van der Waals surface area contributed by atoms with Gasteiger partial charge in [-0.3, -0.25) is 4.90 Å². The van der Waals surface area contributed by atoms with E-state index >= 15 is 0 Å². The average molecular weight is 285 g/mol. The lowest BCUT2D eigenvalue weighted by Crippen LogP contribution is -2.42. The number of aromatic nitrogens is 4. The molecule has 0 radical (unpaired) electrons. The highest BCUT2D eigenvalue weighted by Gasteiger charge is 2.21. The molecule has 1 aromatic rings. The first-order chi connectivity index (χ1) is 8.97. The van der Waals surface area contributed by atoms with Gasteiger partial charge in [0.1, 0.15) is 0 Å². The summed E-state index contributed by atoms with van der Waals surface area (Å²) in [6, 6.07) is 0. The summed E-state index contributed by atoms with van der Waals surface area (Å²) in [5, 5.41) is 12.8. The minimum atomic E-state index is -0.0701. The highest BCUT2D eigenvalue weighted by atomic mass is 32.2. The summed E-state index contributed by atoms with van der Waals surface area (Å²) in [6.45, 7) is 12.4. The molecule has 0 spiro atoms. The van der Waals surface area contributed by atoms with E-state index < -0.39 is 0 Å². The van der Waals surface area contributed by atoms with E-state index in [-0.39, 0.29) is 5.54 Å². The Bertz CT molecular complexity index is 403. The monoisotopic (exact) mass is 285 g/mol. The van der Waals surface area contributed by atoms with Crippen molar-refractivity contribution in [2.45, 2.75) is 44.5 Å². The lowest BCUT2D eigenvalue weighted by Gasteiger charge is -2.30. The fourth-order valence-corrected chi connectivity index (χ4v) is 3.11. The van der Waals surface area contributed by atoms with Crippen LogP contribution in [0.1, 0.15) is 27.7 Å². The number of tetrazole rings is 1. The van der Waals surface area contributed by atoms with E-state index in [1.807, 2.05) is 4.68 Å². The van der Waals surface area contributed by atoms with Crippen LogP contribution in [0.2, 0.25) is 0 Å². The highest BCUT2D eigenvalue weighted by molar-refractivity contribution is 7.99. The number of morpholine rings is 1. The van der Waals surface area contributed by atoms with Crippen LogP contribution >= 0.6 is 11.8 Å². The van der Waals surface area contributed by atoms with Crippen LogP contribution in [-0.2, 0) is 10.3 Å². The zero-order chi connectivity index (χ0) is 13.9. The predicted molar refractivity (Wildman–Crippen MR) is 75.4 cm³/mol. The summed E-state index contributed by atoms with van der Waals surface area (Å²) in [5.41, 5.74) is -0.0701. The first kappa shape index (κ1) is 14.7. The lowest BCUT2D eigenvalue weighted by atomic mass is 10.1. The number of hydrogen-bond donors (Lipinski definition) is 0. The van der Waals surface area contributed by atoms with Crippen LogP contribution in [0.3, 0.4) is 0 Å². The van der Waals surface area contributed by atoms with E-state index in [1.165, 1.54) is 0 Å². The zero-order valence-corrected chi connectivity index (χ0v) is 13.0. The molecular formula is C12H23N5OS. The van der Waals surface area contributed by atoms with Crippen molar-refractivity contribution in [2.75, 3.05) is 32.0 Å². The number of nitrogens with zero attached hydrogens (tertiary/aromatic N) is 5. The fourth-order valence-electron chi connectivity index (χ4n) is 2.05. The fraction of sp³-hybridized carbons (Fsp3) is 0.917. The molecular weight excluding hydrogens is 262 g/mol. The van der Waals surface area contributed by atoms with E-state index in [0.717, 1.165) is 37.2 Å². The van der Waals surface area contributed by atoms with Gasteiger partial charge in [-0.2, -0.15) is 0 Å². The van der Waals surface area contributed by atoms with E-state index in [9.17, 15) is 0 Å². The van der Waals surface area contributed by atoms with E-state index in [2.05, 4.69) is 48.1 Å². The largest absolute Gasteiger partial charge is 0.376 e. The second-order valence-corrected chi connectivity index (χ2v) is 6.94. The van der Waals surface area contributed by atoms with E-state index in [0.29, 0.717) is 6.10 Å². The third-order valence-corrected chi connectivity index (χ3v) is 3.94. The van der Waals surface area contributed by atoms with Gasteiger partial charge in [-0.15, -0.1) is 5.10 Å². The summed E-state index contributed by atoms with van der Waals surface area (Å²) in [6.07, 6.45) is 0.346. The SMILES string of the molecule is C[C@@H]1CN(CCSc2nnnn2C(C)(C)C)CCO1. The van der Waals surface area contributed by atoms with Crippen LogP contribution < -0.4 is 0 Å². The topological polar surface area (TPSA) is 56.1 Å². The van der Waals surface area contributed by atoms with Gasteiger partial charge in [0.25, 0.3) is 0 Å². The van der Waals surface area contributed by atoms with Crippen molar-refractivity contribution in [2.24, 2.45) is 0 Å². The summed E-state index contributed by atoms with van der Waals surface area (Å²) in [5.74, 6) is 1.00. The number of thioether (sulfide) groups is 1. The van der Waals surface area contributed by atoms with Crippen LogP contribution in [0.25, 0.3) is 0 Å². The first-order valence-electron chi connectivity index (χ1n) is 6.72. The lowest BCUT2D eigenvalue weighted by molar-refractivity contribution is -0.0158. The van der Waals surface area contributed by atoms with Crippen LogP contribution in [0.15, 0.2) is 5.16 Å². The third kappa shape index (κ3) is 4.15. The van der Waals surface area contributed by atoms with Gasteiger partial charge >= 0.3 is 0 Å². The molecule has 1 saturated heterocycles. The zero-order valence-electron chi connectivity index (χ0n) is 12.2. The van der Waals surface area contributed by atoms with Crippen molar-refractivity contribution in [3.8, 4) is 0 Å². The molecule has 108 valence electrons. The van der Waals surface area contributed by atoms with Gasteiger partial charge in [0.05, 0.1) is 18.2 Å². The van der Waals surface area contributed by atoms with Crippen LogP contribution in [0, 0.1) is 0 Å². The van der Waals surface area contributed by atoms with Gasteiger partial charge in [-0.25, -0.2) is 4.68 Å². The molecule has 6 nitrogen and oxygen atoms in total. The maximum atomic E-state index is 5.54. The summed E-state index contributed by atoms with van der Waals surface area (Å²) < 4.78 is 7.43. The first-order valence-corrected chi connectivity index (χ1v) is 7.71. The summed E-state index contributed by atoms with van der Waals surface area (Å²) in [4.78, 5) is 2.44. The van der Waals surface area contributed by atoms with Crippen molar-refractivity contribution < 1.29 is 4.74 Å². The third-order valence-electron chi connectivity index (χ3n) is 3.04. The summed E-state index contributed by atoms with van der Waals surface area (Å²) in [7, 11) is 0. The quantitative estimate of drug-likeness (QED) is 0.776. The smallest absolute Gasteiger partial charge is 0.209 e. The van der Waals surface area contributed by atoms with Crippen LogP contribution in [0.4, 0.5) is 0 Å². The molecule has 0 aromatic carbocycles. The number of ether oxygens (including phenoxy) is 1. The Morgan fingerprint density at radius 1 is 1.42 bits per heavy atom. The molecule has 0 bridgehead atoms. The Hall–Kier alpha value is -0.660. The van der Waals surface area contributed by atoms with E-state index in [1.54, 1.807) is 11.8 Å². The maximum Gasteiger partial charge on any atom is 0.209 e. The molecule has 0 saturated carbocycles. The molecule has 1 atom stereocenters. The molecule has 0 aliphatic carbocycles. The van der Waals surface area contributed by atoms with Crippen molar-refractivity contribution >= 4 is 11.8 Å². The van der Waals surface area contributed by atoms with Gasteiger partial charge < -0.3 is 4.74 Å². The molecule has 0 N–H and O–H groups in total. The van der Waals surface area contributed by atoms with Crippen LogP contribution in [-0.4, -0.2) is 63.2 Å². The Balaban J connectivity index is 1.81. The summed E-state index contributed by atoms with van der Waals surface area (Å²) >= 11 is 1.72. The second kappa shape index (κ2) is 6.19. The van der Waals surface area contributed by atoms with Gasteiger partial charge in [-0.1, -0.05) is 11.8 Å². The van der Waals surface area contributed by atoms with Crippen LogP contribution in [0.5, 0.6) is 0 Å². The maximum absolute atomic E-state index is 5.54. The molecule has 0 unspecified atom stereocenters. The molecule has 0 amide bonds. The van der Waals surface area contributed by atoms with Crippen molar-refractivity contribution in [1.29, 1.82) is 0 Å². The molecule has 1 aromatic heterocycles. The average Bonchev–Trinajstić information content (AvgIpc) is 2.77. The minimum Gasteiger partial charge on any atom is -0.376 e. The molecule has 19 heavy (non-hydrogen) atoms. The molecule has 1 aliphatic rings. The molecule has 1 fully saturated rings. The standard InChI is InChI=1S/C12H23N5OS/c1-10-9-16(5-7-18-10)6-8-19-11-13-14-15-17(11)12(2,3)4/h10H,5-9H2,1-4H3/t10-/m1/s1. The molecule has 2 heterocycles. The molecule has 1 aliphatic heterocycles. The Morgan fingerprint density at radius 3 is 2.89 bits per heavy atom. The van der Waals surface area contributed by atoms with Gasteiger partial charge in [0, 0.05) is 25.4 Å². The van der Waals surface area contributed by atoms with Crippen molar-refractivity contribution in [3.05, 3.63) is 0 Å². The Kier molecular flexibility index (Phi) is 4.81. The van der Waals surface area contributed by atoms with Gasteiger partial charge in [0.2, 0.25) is 5.16 Å². The van der Waals surface area contributed by atoms with E-state index in [4.69, 9.17) is 4.74 Å². The predicted octanol–water partition coefficient (Wildman–Crippen LogP) is 1.24. The Morgan fingerprint density at radius 2 is 2.21 bits per heavy atom. The number of rotatable bonds is 4. The Labute approximate surface area is 118 Å². The normalized spacial score (nSPS) is 21.8.